The van der Waals surface area contributed by atoms with Crippen molar-refractivity contribution in [2.75, 3.05) is 11.5 Å². The molecule has 1 aliphatic heterocycles. The number of benzene rings is 1. The van der Waals surface area contributed by atoms with Crippen molar-refractivity contribution in [1.82, 2.24) is 9.55 Å². The van der Waals surface area contributed by atoms with Crippen LogP contribution < -0.4 is 0 Å². The first kappa shape index (κ1) is 12.9. The average Bonchev–Trinajstić information content (AvgIpc) is 2.88. The molecule has 0 bridgehead atoms. The van der Waals surface area contributed by atoms with Crippen molar-refractivity contribution in [2.45, 2.75) is 18.3 Å². The minimum atomic E-state index is -3.01. The van der Waals surface area contributed by atoms with Gasteiger partial charge in [-0.25, -0.2) is 17.8 Å². The normalized spacial score (nSPS) is 22.1. The number of fused-ring (bicyclic) bond motifs is 1. The van der Waals surface area contributed by atoms with E-state index in [4.69, 9.17) is 11.6 Å². The topological polar surface area (TPSA) is 52.0 Å². The van der Waals surface area contributed by atoms with Crippen molar-refractivity contribution in [3.05, 3.63) is 29.8 Å². The fourth-order valence-electron chi connectivity index (χ4n) is 2.60. The van der Waals surface area contributed by atoms with Crippen molar-refractivity contribution < 1.29 is 12.8 Å². The van der Waals surface area contributed by atoms with Crippen LogP contribution in [-0.2, 0) is 15.7 Å². The Kier molecular flexibility index (Phi) is 3.02. The molecule has 1 fully saturated rings. The van der Waals surface area contributed by atoms with Crippen LogP contribution in [0.5, 0.6) is 0 Å². The van der Waals surface area contributed by atoms with Gasteiger partial charge in [-0.2, -0.15) is 0 Å². The molecule has 0 N–H and O–H groups in total. The molecule has 1 aromatic carbocycles. The second-order valence-corrected chi connectivity index (χ2v) is 7.22. The third-order valence-electron chi connectivity index (χ3n) is 3.42. The highest BCUT2D eigenvalue weighted by Crippen LogP contribution is 2.30. The number of rotatable bonds is 2. The first-order valence-corrected chi connectivity index (χ1v) is 8.28. The van der Waals surface area contributed by atoms with E-state index in [0.29, 0.717) is 23.3 Å². The summed E-state index contributed by atoms with van der Waals surface area (Å²) in [7, 11) is -3.01. The number of imidazole rings is 1. The lowest BCUT2D eigenvalue weighted by atomic mass is 10.2. The summed E-state index contributed by atoms with van der Waals surface area (Å²) in [6.45, 7) is 0. The molecule has 1 atom stereocenters. The van der Waals surface area contributed by atoms with E-state index in [9.17, 15) is 12.8 Å². The van der Waals surface area contributed by atoms with Gasteiger partial charge in [-0.15, -0.1) is 11.6 Å². The number of aromatic nitrogens is 2. The van der Waals surface area contributed by atoms with E-state index in [1.165, 1.54) is 12.1 Å². The van der Waals surface area contributed by atoms with Crippen LogP contribution in [0.15, 0.2) is 18.2 Å². The van der Waals surface area contributed by atoms with Crippen molar-refractivity contribution >= 4 is 32.5 Å². The zero-order valence-electron chi connectivity index (χ0n) is 10.0. The maximum Gasteiger partial charge on any atom is 0.152 e. The molecule has 2 aromatic rings. The predicted octanol–water partition coefficient (Wildman–Crippen LogP) is 2.27. The van der Waals surface area contributed by atoms with E-state index in [1.54, 1.807) is 10.6 Å². The van der Waals surface area contributed by atoms with Crippen LogP contribution in [0.25, 0.3) is 11.0 Å². The molecule has 7 heteroatoms. The smallest absolute Gasteiger partial charge is 0.152 e. The fraction of sp³-hybridized carbons (Fsp3) is 0.417. The van der Waals surface area contributed by atoms with Crippen LogP contribution in [0.4, 0.5) is 4.39 Å². The number of hydrogen-bond donors (Lipinski definition) is 0. The Balaban J connectivity index is 2.18. The summed E-state index contributed by atoms with van der Waals surface area (Å²) in [5.74, 6) is 0.625. The van der Waals surface area contributed by atoms with Crippen molar-refractivity contribution in [1.29, 1.82) is 0 Å². The molecule has 1 unspecified atom stereocenters. The van der Waals surface area contributed by atoms with Gasteiger partial charge >= 0.3 is 0 Å². The van der Waals surface area contributed by atoms with Crippen molar-refractivity contribution in [3.63, 3.8) is 0 Å². The van der Waals surface area contributed by atoms with Crippen LogP contribution >= 0.6 is 11.6 Å². The first-order chi connectivity index (χ1) is 9.00. The monoisotopic (exact) mass is 302 g/mol. The van der Waals surface area contributed by atoms with Gasteiger partial charge in [-0.1, -0.05) is 0 Å². The lowest BCUT2D eigenvalue weighted by molar-refractivity contribution is 0.552. The lowest BCUT2D eigenvalue weighted by Crippen LogP contribution is -2.13. The Labute approximate surface area is 115 Å². The van der Waals surface area contributed by atoms with Crippen LogP contribution in [0, 0.1) is 5.82 Å². The summed E-state index contributed by atoms with van der Waals surface area (Å²) in [5.41, 5.74) is 1.25. The third kappa shape index (κ3) is 2.23. The van der Waals surface area contributed by atoms with Gasteiger partial charge in [0.25, 0.3) is 0 Å². The third-order valence-corrected chi connectivity index (χ3v) is 5.41. The summed E-state index contributed by atoms with van der Waals surface area (Å²) in [4.78, 5) is 4.33. The fourth-order valence-corrected chi connectivity index (χ4v) is 4.49. The van der Waals surface area contributed by atoms with Gasteiger partial charge in [0.15, 0.2) is 9.84 Å². The Morgan fingerprint density at radius 2 is 2.26 bits per heavy atom. The molecule has 1 aliphatic rings. The van der Waals surface area contributed by atoms with Crippen molar-refractivity contribution in [2.24, 2.45) is 0 Å². The summed E-state index contributed by atoms with van der Waals surface area (Å²) in [5, 5.41) is 0. The minimum absolute atomic E-state index is 0.0683. The Morgan fingerprint density at radius 1 is 1.47 bits per heavy atom. The zero-order chi connectivity index (χ0) is 13.6. The van der Waals surface area contributed by atoms with E-state index >= 15 is 0 Å². The highest BCUT2D eigenvalue weighted by Gasteiger charge is 2.31. The molecule has 0 spiro atoms. The number of alkyl halides is 1. The van der Waals surface area contributed by atoms with Gasteiger partial charge in [-0.3, -0.25) is 0 Å². The van der Waals surface area contributed by atoms with Gasteiger partial charge in [-0.05, 0) is 24.6 Å². The van der Waals surface area contributed by atoms with E-state index in [-0.39, 0.29) is 29.2 Å². The highest BCUT2D eigenvalue weighted by atomic mass is 35.5. The molecule has 0 aliphatic carbocycles. The second kappa shape index (κ2) is 4.45. The van der Waals surface area contributed by atoms with E-state index in [2.05, 4.69) is 4.98 Å². The largest absolute Gasteiger partial charge is 0.323 e. The molecule has 19 heavy (non-hydrogen) atoms. The molecular weight excluding hydrogens is 291 g/mol. The number of nitrogens with zero attached hydrogens (tertiary/aromatic N) is 2. The molecule has 2 heterocycles. The highest BCUT2D eigenvalue weighted by molar-refractivity contribution is 7.91. The lowest BCUT2D eigenvalue weighted by Gasteiger charge is -2.14. The second-order valence-electron chi connectivity index (χ2n) is 4.72. The molecule has 0 amide bonds. The Bertz CT molecular complexity index is 742. The summed E-state index contributed by atoms with van der Waals surface area (Å²) in [6.07, 6.45) is 0.522. The number of hydrogen-bond acceptors (Lipinski definition) is 3. The average molecular weight is 303 g/mol. The molecular formula is C12H12ClFN2O2S. The van der Waals surface area contributed by atoms with Gasteiger partial charge in [0.05, 0.1) is 34.5 Å². The SMILES string of the molecule is O=S1(=O)CCC(n2c(CCl)nc3ccc(F)cc32)C1. The minimum Gasteiger partial charge on any atom is -0.323 e. The van der Waals surface area contributed by atoms with Crippen LogP contribution in [0.1, 0.15) is 18.3 Å². The van der Waals surface area contributed by atoms with Crippen molar-refractivity contribution in [3.8, 4) is 0 Å². The Morgan fingerprint density at radius 3 is 2.89 bits per heavy atom. The van der Waals surface area contributed by atoms with E-state index < -0.39 is 9.84 Å². The number of sulfone groups is 1. The van der Waals surface area contributed by atoms with Crippen LogP contribution in [0.2, 0.25) is 0 Å². The maximum atomic E-state index is 13.4. The molecule has 1 aromatic heterocycles. The van der Waals surface area contributed by atoms with E-state index in [1.807, 2.05) is 0 Å². The van der Waals surface area contributed by atoms with Crippen LogP contribution in [0.3, 0.4) is 0 Å². The maximum absolute atomic E-state index is 13.4. The molecule has 0 saturated carbocycles. The molecule has 102 valence electrons. The molecule has 0 radical (unpaired) electrons. The van der Waals surface area contributed by atoms with Gasteiger partial charge < -0.3 is 4.57 Å². The van der Waals surface area contributed by atoms with Gasteiger partial charge in [0, 0.05) is 0 Å². The molecule has 1 saturated heterocycles. The standard InChI is InChI=1S/C12H12ClFN2O2S/c13-6-12-15-10-2-1-8(14)5-11(10)16(12)9-3-4-19(17,18)7-9/h1-2,5,9H,3-4,6-7H2. The van der Waals surface area contributed by atoms with Gasteiger partial charge in [0.1, 0.15) is 11.6 Å². The van der Waals surface area contributed by atoms with Crippen LogP contribution in [-0.4, -0.2) is 29.5 Å². The molecule has 3 rings (SSSR count). The zero-order valence-corrected chi connectivity index (χ0v) is 11.6. The summed E-state index contributed by atoms with van der Waals surface area (Å²) in [6, 6.07) is 4.10. The predicted molar refractivity (Wildman–Crippen MR) is 71.6 cm³/mol. The Hall–Kier alpha value is -1.14. The summed E-state index contributed by atoms with van der Waals surface area (Å²) >= 11 is 5.87. The van der Waals surface area contributed by atoms with E-state index in [0.717, 1.165) is 0 Å². The number of halogens is 2. The molecule has 4 nitrogen and oxygen atoms in total. The summed E-state index contributed by atoms with van der Waals surface area (Å²) < 4.78 is 38.3. The first-order valence-electron chi connectivity index (χ1n) is 5.93. The van der Waals surface area contributed by atoms with Gasteiger partial charge in [0.2, 0.25) is 0 Å². The quantitative estimate of drug-likeness (QED) is 0.800.